The van der Waals surface area contributed by atoms with Gasteiger partial charge in [0.25, 0.3) is 0 Å². The van der Waals surface area contributed by atoms with Crippen molar-refractivity contribution < 1.29 is 23.7 Å². The van der Waals surface area contributed by atoms with E-state index < -0.39 is 0 Å². The smallest absolute Gasteiger partial charge is 0.169 e. The summed E-state index contributed by atoms with van der Waals surface area (Å²) in [5.74, 6) is 2.81. The normalized spacial score (nSPS) is 10.8. The largest absolute Gasteiger partial charge is 0.493 e. The van der Waals surface area contributed by atoms with Gasteiger partial charge in [0, 0.05) is 24.3 Å². The summed E-state index contributed by atoms with van der Waals surface area (Å²) in [5, 5.41) is 0. The molecule has 0 N–H and O–H groups in total. The van der Waals surface area contributed by atoms with E-state index in [0.29, 0.717) is 24.7 Å². The van der Waals surface area contributed by atoms with Crippen molar-refractivity contribution in [3.8, 4) is 23.0 Å². The minimum absolute atomic E-state index is 0.663. The van der Waals surface area contributed by atoms with Gasteiger partial charge in [-0.15, -0.1) is 0 Å². The second-order valence-electron chi connectivity index (χ2n) is 7.43. The van der Waals surface area contributed by atoms with Crippen LogP contribution in [0, 0.1) is 0 Å². The van der Waals surface area contributed by atoms with E-state index in [-0.39, 0.29) is 0 Å². The maximum atomic E-state index is 6.26. The van der Waals surface area contributed by atoms with E-state index in [0.717, 1.165) is 74.4 Å². The number of para-hydroxylation sites is 2. The van der Waals surface area contributed by atoms with Crippen LogP contribution in [0.2, 0.25) is 0 Å². The first-order chi connectivity index (χ1) is 15.2. The van der Waals surface area contributed by atoms with Gasteiger partial charge in [0.1, 0.15) is 0 Å². The standard InChI is InChI=1S/C26H38O5/c1-5-7-17-29-19-15-21-11-9-13-23(25(21)27-3)31-24-14-10-12-22(26(24)28-4)16-20-30-18-8-6-2/h9-14H,5-8,15-20H2,1-4H3. The molecule has 2 rings (SSSR count). The van der Waals surface area contributed by atoms with Crippen molar-refractivity contribution in [2.24, 2.45) is 0 Å². The molecule has 0 aliphatic rings. The van der Waals surface area contributed by atoms with Crippen molar-refractivity contribution >= 4 is 0 Å². The van der Waals surface area contributed by atoms with Crippen molar-refractivity contribution in [1.82, 2.24) is 0 Å². The van der Waals surface area contributed by atoms with E-state index >= 15 is 0 Å². The predicted octanol–water partition coefficient (Wildman–Crippen LogP) is 6.21. The molecule has 0 saturated heterocycles. The van der Waals surface area contributed by atoms with E-state index in [1.165, 1.54) is 0 Å². The molecule has 5 nitrogen and oxygen atoms in total. The molecule has 172 valence electrons. The van der Waals surface area contributed by atoms with Crippen molar-refractivity contribution in [2.45, 2.75) is 52.4 Å². The Balaban J connectivity index is 2.10. The van der Waals surface area contributed by atoms with Crippen molar-refractivity contribution in [3.05, 3.63) is 47.5 Å². The number of benzene rings is 2. The molecule has 0 fully saturated rings. The van der Waals surface area contributed by atoms with Crippen molar-refractivity contribution in [2.75, 3.05) is 40.6 Å². The lowest BCUT2D eigenvalue weighted by atomic mass is 10.1. The molecule has 0 spiro atoms. The molecule has 0 atom stereocenters. The van der Waals surface area contributed by atoms with Gasteiger partial charge in [-0.25, -0.2) is 0 Å². The molecule has 5 heteroatoms. The van der Waals surface area contributed by atoms with Gasteiger partial charge < -0.3 is 23.7 Å². The zero-order valence-corrected chi connectivity index (χ0v) is 19.6. The fourth-order valence-corrected chi connectivity index (χ4v) is 3.32. The van der Waals surface area contributed by atoms with Gasteiger partial charge in [-0.3, -0.25) is 0 Å². The highest BCUT2D eigenvalue weighted by Crippen LogP contribution is 2.40. The average Bonchev–Trinajstić information content (AvgIpc) is 2.79. The Hall–Kier alpha value is -2.24. The molecule has 0 bridgehead atoms. The Morgan fingerprint density at radius 1 is 0.613 bits per heavy atom. The Labute approximate surface area is 187 Å². The SMILES string of the molecule is CCCCOCCc1cccc(Oc2cccc(CCOCCCC)c2OC)c1OC. The first kappa shape index (κ1) is 25.0. The molecule has 0 aromatic heterocycles. The van der Waals surface area contributed by atoms with E-state index in [2.05, 4.69) is 26.0 Å². The molecule has 31 heavy (non-hydrogen) atoms. The highest BCUT2D eigenvalue weighted by atomic mass is 16.5. The third-order valence-corrected chi connectivity index (χ3v) is 5.06. The third kappa shape index (κ3) is 8.08. The minimum Gasteiger partial charge on any atom is -0.493 e. The summed E-state index contributed by atoms with van der Waals surface area (Å²) in [7, 11) is 3.34. The summed E-state index contributed by atoms with van der Waals surface area (Å²) >= 11 is 0. The Morgan fingerprint density at radius 3 is 1.45 bits per heavy atom. The summed E-state index contributed by atoms with van der Waals surface area (Å²) in [6.07, 6.45) is 5.99. The molecular weight excluding hydrogens is 392 g/mol. The molecule has 2 aromatic carbocycles. The van der Waals surface area contributed by atoms with Crippen LogP contribution in [0.5, 0.6) is 23.0 Å². The van der Waals surface area contributed by atoms with Crippen molar-refractivity contribution in [3.63, 3.8) is 0 Å². The molecule has 0 aliphatic heterocycles. The summed E-state index contributed by atoms with van der Waals surface area (Å²) < 4.78 is 29.1. The lowest BCUT2D eigenvalue weighted by molar-refractivity contribution is 0.133. The highest BCUT2D eigenvalue weighted by molar-refractivity contribution is 5.53. The van der Waals surface area contributed by atoms with Crippen LogP contribution in [-0.2, 0) is 22.3 Å². The monoisotopic (exact) mass is 430 g/mol. The second kappa shape index (κ2) is 14.7. The Morgan fingerprint density at radius 2 is 1.06 bits per heavy atom. The molecule has 0 aliphatic carbocycles. The van der Waals surface area contributed by atoms with Crippen LogP contribution in [0.4, 0.5) is 0 Å². The highest BCUT2D eigenvalue weighted by Gasteiger charge is 2.15. The van der Waals surface area contributed by atoms with Crippen LogP contribution in [0.3, 0.4) is 0 Å². The topological polar surface area (TPSA) is 46.2 Å². The van der Waals surface area contributed by atoms with Gasteiger partial charge >= 0.3 is 0 Å². The van der Waals surface area contributed by atoms with E-state index in [1.54, 1.807) is 14.2 Å². The molecule has 0 radical (unpaired) electrons. The number of hydrogen-bond acceptors (Lipinski definition) is 5. The summed E-state index contributed by atoms with van der Waals surface area (Å²) in [6.45, 7) is 7.24. The zero-order valence-electron chi connectivity index (χ0n) is 19.6. The minimum atomic E-state index is 0.663. The molecule has 0 unspecified atom stereocenters. The summed E-state index contributed by atoms with van der Waals surface area (Å²) in [5.41, 5.74) is 2.13. The van der Waals surface area contributed by atoms with Gasteiger partial charge in [-0.2, -0.15) is 0 Å². The average molecular weight is 431 g/mol. The van der Waals surface area contributed by atoms with E-state index in [4.69, 9.17) is 23.7 Å². The first-order valence-electron chi connectivity index (χ1n) is 11.4. The number of hydrogen-bond donors (Lipinski definition) is 0. The van der Waals surface area contributed by atoms with Crippen LogP contribution in [0.15, 0.2) is 36.4 Å². The molecule has 0 saturated carbocycles. The predicted molar refractivity (Wildman–Crippen MR) is 125 cm³/mol. The quantitative estimate of drug-likeness (QED) is 0.296. The molecule has 0 heterocycles. The maximum Gasteiger partial charge on any atom is 0.169 e. The van der Waals surface area contributed by atoms with Crippen LogP contribution in [0.25, 0.3) is 0 Å². The molecule has 0 amide bonds. The Bertz CT molecular complexity index is 696. The second-order valence-corrected chi connectivity index (χ2v) is 7.43. The molecular formula is C26H38O5. The number of methoxy groups -OCH3 is 2. The maximum absolute atomic E-state index is 6.26. The van der Waals surface area contributed by atoms with E-state index in [9.17, 15) is 0 Å². The van der Waals surface area contributed by atoms with Gasteiger partial charge in [-0.05, 0) is 37.8 Å². The zero-order chi connectivity index (χ0) is 22.3. The fraction of sp³-hybridized carbons (Fsp3) is 0.538. The lowest BCUT2D eigenvalue weighted by Crippen LogP contribution is -2.04. The fourth-order valence-electron chi connectivity index (χ4n) is 3.32. The van der Waals surface area contributed by atoms with Crippen LogP contribution in [0.1, 0.15) is 50.7 Å². The van der Waals surface area contributed by atoms with Crippen LogP contribution < -0.4 is 14.2 Å². The van der Waals surface area contributed by atoms with Crippen molar-refractivity contribution in [1.29, 1.82) is 0 Å². The first-order valence-corrected chi connectivity index (χ1v) is 11.4. The van der Waals surface area contributed by atoms with Gasteiger partial charge in [0.15, 0.2) is 23.0 Å². The Kier molecular flexibility index (Phi) is 11.9. The van der Waals surface area contributed by atoms with Gasteiger partial charge in [0.05, 0.1) is 27.4 Å². The van der Waals surface area contributed by atoms with Gasteiger partial charge in [-0.1, -0.05) is 51.0 Å². The molecule has 2 aromatic rings. The lowest BCUT2D eigenvalue weighted by Gasteiger charge is -2.17. The third-order valence-electron chi connectivity index (χ3n) is 5.06. The summed E-state index contributed by atoms with van der Waals surface area (Å²) in [4.78, 5) is 0. The number of ether oxygens (including phenoxy) is 5. The van der Waals surface area contributed by atoms with Crippen LogP contribution >= 0.6 is 0 Å². The van der Waals surface area contributed by atoms with E-state index in [1.807, 2.05) is 24.3 Å². The van der Waals surface area contributed by atoms with Gasteiger partial charge in [0.2, 0.25) is 0 Å². The number of unbranched alkanes of at least 4 members (excludes halogenated alkanes) is 2. The summed E-state index contributed by atoms with van der Waals surface area (Å²) in [6, 6.07) is 11.9. The van der Waals surface area contributed by atoms with Crippen LogP contribution in [-0.4, -0.2) is 40.6 Å². The number of rotatable bonds is 16.